The summed E-state index contributed by atoms with van der Waals surface area (Å²) in [5.74, 6) is 0.768. The smallest absolute Gasteiger partial charge is 0.243 e. The molecule has 1 amide bonds. The van der Waals surface area contributed by atoms with Gasteiger partial charge in [0.2, 0.25) is 11.7 Å². The van der Waals surface area contributed by atoms with Crippen LogP contribution in [0, 0.1) is 5.92 Å². The Kier molecular flexibility index (Phi) is 8.13. The van der Waals surface area contributed by atoms with Crippen molar-refractivity contribution < 1.29 is 28.2 Å². The predicted octanol–water partition coefficient (Wildman–Crippen LogP) is 4.22. The first kappa shape index (κ1) is 25.9. The van der Waals surface area contributed by atoms with Gasteiger partial charge in [-0.1, -0.05) is 29.8 Å². The number of fused-ring (bicyclic) bond motifs is 1. The number of benzene rings is 1. The van der Waals surface area contributed by atoms with Crippen molar-refractivity contribution in [1.82, 2.24) is 15.3 Å². The van der Waals surface area contributed by atoms with Crippen molar-refractivity contribution in [3.8, 4) is 11.5 Å². The van der Waals surface area contributed by atoms with Gasteiger partial charge in [0.25, 0.3) is 0 Å². The number of ketones is 1. The molecule has 0 bridgehead atoms. The van der Waals surface area contributed by atoms with E-state index >= 15 is 0 Å². The first-order valence-electron chi connectivity index (χ1n) is 11.2. The fourth-order valence-electron chi connectivity index (χ4n) is 4.12. The maximum atomic E-state index is 13.1. The van der Waals surface area contributed by atoms with Gasteiger partial charge in [-0.05, 0) is 12.5 Å². The number of nitrogens with one attached hydrogen (secondary N) is 1. The number of carbonyl (C=O) groups excluding carboxylic acids is 2. The van der Waals surface area contributed by atoms with Gasteiger partial charge in [0, 0.05) is 49.1 Å². The molecule has 0 radical (unpaired) electrons. The molecule has 11 heteroatoms. The number of amides is 1. The molecule has 1 fully saturated rings. The summed E-state index contributed by atoms with van der Waals surface area (Å²) in [6, 6.07) is 3.05. The highest BCUT2D eigenvalue weighted by Crippen LogP contribution is 2.41. The van der Waals surface area contributed by atoms with E-state index in [2.05, 4.69) is 21.9 Å². The SMILES string of the molecule is C=CC(=O)NC1CCOCC1Cc1ncc2oc(C(=O)Cc3c(Cl)c(OC)cc(OC)c3Cl)cc2n1. The molecule has 2 unspecified atom stereocenters. The van der Waals surface area contributed by atoms with Gasteiger partial charge in [-0.25, -0.2) is 9.97 Å². The van der Waals surface area contributed by atoms with Crippen LogP contribution in [-0.2, 0) is 22.4 Å². The Morgan fingerprint density at radius 1 is 1.22 bits per heavy atom. The molecule has 0 aliphatic carbocycles. The summed E-state index contributed by atoms with van der Waals surface area (Å²) < 4.78 is 21.8. The van der Waals surface area contributed by atoms with Gasteiger partial charge in [-0.3, -0.25) is 9.59 Å². The third-order valence-electron chi connectivity index (χ3n) is 6.03. The Morgan fingerprint density at radius 3 is 2.61 bits per heavy atom. The van der Waals surface area contributed by atoms with Crippen LogP contribution in [0.25, 0.3) is 11.1 Å². The number of methoxy groups -OCH3 is 2. The molecule has 1 saturated heterocycles. The normalized spacial score (nSPS) is 17.6. The fraction of sp³-hybridized carbons (Fsp3) is 0.360. The van der Waals surface area contributed by atoms with Gasteiger partial charge in [0.1, 0.15) is 22.8 Å². The maximum Gasteiger partial charge on any atom is 0.243 e. The molecule has 9 nitrogen and oxygen atoms in total. The van der Waals surface area contributed by atoms with Gasteiger partial charge >= 0.3 is 0 Å². The second-order valence-corrected chi connectivity index (χ2v) is 9.04. The number of hydrogen-bond acceptors (Lipinski definition) is 8. The van der Waals surface area contributed by atoms with Gasteiger partial charge in [-0.2, -0.15) is 0 Å². The molecule has 2 aromatic heterocycles. The molecular formula is C25H25Cl2N3O6. The molecule has 3 heterocycles. The lowest BCUT2D eigenvalue weighted by molar-refractivity contribution is -0.118. The monoisotopic (exact) mass is 533 g/mol. The topological polar surface area (TPSA) is 113 Å². The summed E-state index contributed by atoms with van der Waals surface area (Å²) in [5.41, 5.74) is 1.24. The first-order chi connectivity index (χ1) is 17.3. The highest BCUT2D eigenvalue weighted by Gasteiger charge is 2.28. The summed E-state index contributed by atoms with van der Waals surface area (Å²) in [6.45, 7) is 4.55. The number of aromatic nitrogens is 2. The Bertz CT molecular complexity index is 1280. The Morgan fingerprint density at radius 2 is 1.94 bits per heavy atom. The Labute approximate surface area is 217 Å². The van der Waals surface area contributed by atoms with E-state index in [1.54, 1.807) is 12.1 Å². The Hall–Kier alpha value is -3.14. The van der Waals surface area contributed by atoms with E-state index in [0.717, 1.165) is 0 Å². The molecule has 36 heavy (non-hydrogen) atoms. The average molecular weight is 534 g/mol. The lowest BCUT2D eigenvalue weighted by atomic mass is 9.92. The zero-order valence-electron chi connectivity index (χ0n) is 19.8. The minimum atomic E-state index is -0.346. The Balaban J connectivity index is 1.54. The number of rotatable bonds is 9. The summed E-state index contributed by atoms with van der Waals surface area (Å²) in [5, 5.41) is 3.40. The lowest BCUT2D eigenvalue weighted by Crippen LogP contribution is -2.45. The van der Waals surface area contributed by atoms with Gasteiger partial charge in [-0.15, -0.1) is 0 Å². The van der Waals surface area contributed by atoms with E-state index in [1.807, 2.05) is 0 Å². The molecule has 190 valence electrons. The number of carbonyl (C=O) groups is 2. The van der Waals surface area contributed by atoms with Crippen LogP contribution in [0.3, 0.4) is 0 Å². The zero-order chi connectivity index (χ0) is 25.8. The average Bonchev–Trinajstić information content (AvgIpc) is 3.31. The van der Waals surface area contributed by atoms with E-state index in [0.29, 0.717) is 60.0 Å². The fourth-order valence-corrected chi connectivity index (χ4v) is 4.75. The predicted molar refractivity (Wildman–Crippen MR) is 134 cm³/mol. The van der Waals surface area contributed by atoms with Gasteiger partial charge < -0.3 is 23.9 Å². The van der Waals surface area contributed by atoms with Crippen LogP contribution >= 0.6 is 23.2 Å². The molecule has 3 aromatic rings. The standard InChI is InChI=1S/C25H25Cl2N3O6/c1-4-23(32)30-15-5-6-35-12-13(15)7-22-28-11-21-16(29-22)9-18(36-21)17(31)8-14-24(26)19(33-2)10-20(34-3)25(14)27/h4,9-11,13,15H,1,5-8,12H2,2-3H3,(H,30,32). The quantitative estimate of drug-likeness (QED) is 0.321. The number of ether oxygens (including phenoxy) is 3. The van der Waals surface area contributed by atoms with Crippen LogP contribution in [0.1, 0.15) is 28.4 Å². The first-order valence-corrected chi connectivity index (χ1v) is 12.0. The maximum absolute atomic E-state index is 13.1. The molecule has 0 spiro atoms. The minimum absolute atomic E-state index is 0.000397. The minimum Gasteiger partial charge on any atom is -0.495 e. The molecule has 0 saturated carbocycles. The summed E-state index contributed by atoms with van der Waals surface area (Å²) in [4.78, 5) is 33.8. The van der Waals surface area contributed by atoms with Crippen molar-refractivity contribution in [1.29, 1.82) is 0 Å². The zero-order valence-corrected chi connectivity index (χ0v) is 21.3. The molecule has 1 aliphatic heterocycles. The molecule has 1 aromatic carbocycles. The summed E-state index contributed by atoms with van der Waals surface area (Å²) >= 11 is 12.8. The number of nitrogens with zero attached hydrogens (tertiary/aromatic N) is 2. The molecule has 4 rings (SSSR count). The number of Topliss-reactive ketones (excluding diaryl/α,β-unsaturated/α-hetero) is 1. The number of hydrogen-bond donors (Lipinski definition) is 1. The van der Waals surface area contributed by atoms with E-state index in [9.17, 15) is 9.59 Å². The van der Waals surface area contributed by atoms with E-state index in [-0.39, 0.29) is 45.9 Å². The summed E-state index contributed by atoms with van der Waals surface area (Å²) in [6.07, 6.45) is 3.83. The van der Waals surface area contributed by atoms with Crippen molar-refractivity contribution in [3.63, 3.8) is 0 Å². The van der Waals surface area contributed by atoms with Crippen LogP contribution < -0.4 is 14.8 Å². The van der Waals surface area contributed by atoms with Gasteiger partial charge in [0.15, 0.2) is 11.3 Å². The van der Waals surface area contributed by atoms with Crippen LogP contribution in [0.15, 0.2) is 35.4 Å². The molecule has 2 atom stereocenters. The largest absolute Gasteiger partial charge is 0.495 e. The highest BCUT2D eigenvalue weighted by molar-refractivity contribution is 6.38. The molecule has 1 aliphatic rings. The molecule has 1 N–H and O–H groups in total. The van der Waals surface area contributed by atoms with E-state index in [1.165, 1.54) is 26.5 Å². The van der Waals surface area contributed by atoms with Crippen molar-refractivity contribution >= 4 is 46.0 Å². The van der Waals surface area contributed by atoms with Crippen molar-refractivity contribution in [2.45, 2.75) is 25.3 Å². The number of furan rings is 1. The van der Waals surface area contributed by atoms with Gasteiger partial charge in [0.05, 0.1) is 37.1 Å². The second-order valence-electron chi connectivity index (χ2n) is 8.28. The lowest BCUT2D eigenvalue weighted by Gasteiger charge is -2.31. The van der Waals surface area contributed by atoms with Crippen molar-refractivity contribution in [3.05, 3.63) is 58.2 Å². The van der Waals surface area contributed by atoms with Crippen LogP contribution in [-0.4, -0.2) is 55.1 Å². The summed E-state index contributed by atoms with van der Waals surface area (Å²) in [7, 11) is 2.93. The number of halogens is 2. The third kappa shape index (κ3) is 5.48. The third-order valence-corrected chi connectivity index (χ3v) is 6.86. The van der Waals surface area contributed by atoms with Crippen LogP contribution in [0.2, 0.25) is 10.0 Å². The van der Waals surface area contributed by atoms with Crippen molar-refractivity contribution in [2.75, 3.05) is 27.4 Å². The van der Waals surface area contributed by atoms with Crippen LogP contribution in [0.5, 0.6) is 11.5 Å². The second kappa shape index (κ2) is 11.3. The molecular weight excluding hydrogens is 509 g/mol. The highest BCUT2D eigenvalue weighted by atomic mass is 35.5. The van der Waals surface area contributed by atoms with Crippen LogP contribution in [0.4, 0.5) is 0 Å². The van der Waals surface area contributed by atoms with E-state index in [4.69, 9.17) is 41.8 Å². The van der Waals surface area contributed by atoms with Crippen molar-refractivity contribution in [2.24, 2.45) is 5.92 Å². The van der Waals surface area contributed by atoms with E-state index < -0.39 is 0 Å².